The van der Waals surface area contributed by atoms with Crippen molar-refractivity contribution in [3.8, 4) is 0 Å². The standard InChI is InChI=1S/C18H20FN3O2/c1-3-16-20-11(2)14(18(24)21-16)10-17(23)22-9-8-15(22)12-4-6-13(19)7-5-12/h4-7,15H,3,8-10H2,1-2H3,(H,20,21,24)/t15-/m1/s1. The van der Waals surface area contributed by atoms with Gasteiger partial charge in [0, 0.05) is 24.2 Å². The molecule has 1 saturated heterocycles. The first-order valence-corrected chi connectivity index (χ1v) is 8.13. The molecule has 1 aliphatic rings. The quantitative estimate of drug-likeness (QED) is 0.936. The Balaban J connectivity index is 1.76. The van der Waals surface area contributed by atoms with Gasteiger partial charge in [-0.3, -0.25) is 9.59 Å². The molecule has 2 aromatic rings. The summed E-state index contributed by atoms with van der Waals surface area (Å²) in [4.78, 5) is 33.5. The molecule has 0 bridgehead atoms. The second kappa shape index (κ2) is 6.55. The molecule has 5 nitrogen and oxygen atoms in total. The van der Waals surface area contributed by atoms with Crippen LogP contribution < -0.4 is 5.56 Å². The van der Waals surface area contributed by atoms with Crippen molar-refractivity contribution in [2.45, 2.75) is 39.2 Å². The van der Waals surface area contributed by atoms with E-state index in [2.05, 4.69) is 9.97 Å². The Bertz CT molecular complexity index is 814. The zero-order valence-corrected chi connectivity index (χ0v) is 13.8. The topological polar surface area (TPSA) is 66.1 Å². The zero-order chi connectivity index (χ0) is 17.3. The van der Waals surface area contributed by atoms with E-state index < -0.39 is 0 Å². The van der Waals surface area contributed by atoms with Gasteiger partial charge >= 0.3 is 0 Å². The molecule has 2 heterocycles. The highest BCUT2D eigenvalue weighted by Gasteiger charge is 2.33. The molecule has 0 saturated carbocycles. The molecule has 1 atom stereocenters. The number of rotatable bonds is 4. The highest BCUT2D eigenvalue weighted by molar-refractivity contribution is 5.80. The molecular formula is C18H20FN3O2. The molecule has 1 amide bonds. The first kappa shape index (κ1) is 16.4. The lowest BCUT2D eigenvalue weighted by Gasteiger charge is -2.41. The van der Waals surface area contributed by atoms with Crippen LogP contribution in [-0.2, 0) is 17.6 Å². The third kappa shape index (κ3) is 3.09. The van der Waals surface area contributed by atoms with Crippen LogP contribution in [0.2, 0.25) is 0 Å². The monoisotopic (exact) mass is 329 g/mol. The summed E-state index contributed by atoms with van der Waals surface area (Å²) >= 11 is 0. The Kier molecular flexibility index (Phi) is 4.46. The van der Waals surface area contributed by atoms with Crippen molar-refractivity contribution in [1.82, 2.24) is 14.9 Å². The first-order chi connectivity index (χ1) is 11.5. The van der Waals surface area contributed by atoms with E-state index in [1.165, 1.54) is 12.1 Å². The van der Waals surface area contributed by atoms with Crippen LogP contribution in [0.25, 0.3) is 0 Å². The van der Waals surface area contributed by atoms with E-state index in [1.54, 1.807) is 24.0 Å². The van der Waals surface area contributed by atoms with Crippen LogP contribution >= 0.6 is 0 Å². The Morgan fingerprint density at radius 3 is 2.62 bits per heavy atom. The number of aryl methyl sites for hydroxylation is 2. The van der Waals surface area contributed by atoms with Gasteiger partial charge in [0.05, 0.1) is 12.5 Å². The fraction of sp³-hybridized carbons (Fsp3) is 0.389. The summed E-state index contributed by atoms with van der Waals surface area (Å²) in [6.07, 6.45) is 1.53. The number of amides is 1. The summed E-state index contributed by atoms with van der Waals surface area (Å²) in [7, 11) is 0. The number of nitrogens with one attached hydrogen (secondary N) is 1. The summed E-state index contributed by atoms with van der Waals surface area (Å²) in [5, 5.41) is 0. The molecule has 24 heavy (non-hydrogen) atoms. The lowest BCUT2D eigenvalue weighted by Crippen LogP contribution is -2.46. The van der Waals surface area contributed by atoms with Gasteiger partial charge in [-0.2, -0.15) is 0 Å². The van der Waals surface area contributed by atoms with Crippen molar-refractivity contribution in [2.24, 2.45) is 0 Å². The van der Waals surface area contributed by atoms with Gasteiger partial charge in [-0.05, 0) is 31.0 Å². The average Bonchev–Trinajstić information content (AvgIpc) is 2.51. The van der Waals surface area contributed by atoms with Crippen molar-refractivity contribution in [2.75, 3.05) is 6.54 Å². The van der Waals surface area contributed by atoms with E-state index >= 15 is 0 Å². The van der Waals surface area contributed by atoms with Gasteiger partial charge in [0.15, 0.2) is 0 Å². The number of aromatic amines is 1. The maximum absolute atomic E-state index is 13.0. The molecule has 0 radical (unpaired) electrons. The SMILES string of the molecule is CCc1nc(C)c(CC(=O)N2CC[C@@H]2c2ccc(F)cc2)c(=O)[nH]1. The molecule has 0 unspecified atom stereocenters. The number of hydrogen-bond donors (Lipinski definition) is 1. The number of halogens is 1. The summed E-state index contributed by atoms with van der Waals surface area (Å²) in [5.41, 5.74) is 1.69. The Hall–Kier alpha value is -2.50. The number of benzene rings is 1. The third-order valence-corrected chi connectivity index (χ3v) is 4.53. The Morgan fingerprint density at radius 1 is 1.38 bits per heavy atom. The number of aromatic nitrogens is 2. The van der Waals surface area contributed by atoms with E-state index in [0.29, 0.717) is 30.0 Å². The first-order valence-electron chi connectivity index (χ1n) is 8.13. The van der Waals surface area contributed by atoms with Crippen molar-refractivity contribution < 1.29 is 9.18 Å². The van der Waals surface area contributed by atoms with Crippen LogP contribution in [0.15, 0.2) is 29.1 Å². The van der Waals surface area contributed by atoms with Crippen LogP contribution in [0.3, 0.4) is 0 Å². The minimum atomic E-state index is -0.291. The van der Waals surface area contributed by atoms with Gasteiger partial charge in [-0.15, -0.1) is 0 Å². The van der Waals surface area contributed by atoms with Gasteiger partial charge in [-0.25, -0.2) is 9.37 Å². The maximum Gasteiger partial charge on any atom is 0.254 e. The molecule has 3 rings (SSSR count). The number of carbonyl (C=O) groups excluding carboxylic acids is 1. The lowest BCUT2D eigenvalue weighted by atomic mass is 9.93. The fourth-order valence-electron chi connectivity index (χ4n) is 3.01. The number of nitrogens with zero attached hydrogens (tertiary/aromatic N) is 2. The fourth-order valence-corrected chi connectivity index (χ4v) is 3.01. The van der Waals surface area contributed by atoms with Crippen LogP contribution in [0.5, 0.6) is 0 Å². The normalized spacial score (nSPS) is 16.8. The Morgan fingerprint density at radius 2 is 2.08 bits per heavy atom. The van der Waals surface area contributed by atoms with Gasteiger partial charge < -0.3 is 9.88 Å². The van der Waals surface area contributed by atoms with E-state index in [-0.39, 0.29) is 29.7 Å². The summed E-state index contributed by atoms with van der Waals surface area (Å²) in [5.74, 6) is 0.234. The lowest BCUT2D eigenvalue weighted by molar-refractivity contribution is -0.138. The number of likely N-dealkylation sites (tertiary alicyclic amines) is 1. The van der Waals surface area contributed by atoms with Gasteiger partial charge in [0.2, 0.25) is 5.91 Å². The van der Waals surface area contributed by atoms with E-state index in [0.717, 1.165) is 12.0 Å². The molecule has 6 heteroatoms. The van der Waals surface area contributed by atoms with Crippen molar-refractivity contribution >= 4 is 5.91 Å². The molecule has 1 fully saturated rings. The smallest absolute Gasteiger partial charge is 0.254 e. The molecule has 1 N–H and O–H groups in total. The molecule has 0 spiro atoms. The molecule has 0 aliphatic carbocycles. The third-order valence-electron chi connectivity index (χ3n) is 4.53. The second-order valence-corrected chi connectivity index (χ2v) is 6.05. The number of carbonyl (C=O) groups is 1. The zero-order valence-electron chi connectivity index (χ0n) is 13.8. The van der Waals surface area contributed by atoms with Crippen LogP contribution in [0.1, 0.15) is 42.0 Å². The second-order valence-electron chi connectivity index (χ2n) is 6.05. The molecular weight excluding hydrogens is 309 g/mol. The van der Waals surface area contributed by atoms with Gasteiger partial charge in [-0.1, -0.05) is 19.1 Å². The van der Waals surface area contributed by atoms with E-state index in [9.17, 15) is 14.0 Å². The van der Waals surface area contributed by atoms with E-state index in [4.69, 9.17) is 0 Å². The van der Waals surface area contributed by atoms with Crippen molar-refractivity contribution in [3.05, 3.63) is 63.1 Å². The number of hydrogen-bond acceptors (Lipinski definition) is 3. The van der Waals surface area contributed by atoms with E-state index in [1.807, 2.05) is 6.92 Å². The molecule has 1 aromatic carbocycles. The molecule has 126 valence electrons. The summed E-state index contributed by atoms with van der Waals surface area (Å²) < 4.78 is 13.0. The Labute approximate surface area is 139 Å². The minimum Gasteiger partial charge on any atom is -0.335 e. The van der Waals surface area contributed by atoms with Crippen molar-refractivity contribution in [1.29, 1.82) is 0 Å². The van der Waals surface area contributed by atoms with Crippen LogP contribution in [0, 0.1) is 12.7 Å². The summed E-state index contributed by atoms with van der Waals surface area (Å²) in [6, 6.07) is 6.17. The summed E-state index contributed by atoms with van der Waals surface area (Å²) in [6.45, 7) is 4.32. The van der Waals surface area contributed by atoms with Crippen LogP contribution in [0.4, 0.5) is 4.39 Å². The van der Waals surface area contributed by atoms with Gasteiger partial charge in [0.1, 0.15) is 11.6 Å². The minimum absolute atomic E-state index is 0.0376. The highest BCUT2D eigenvalue weighted by atomic mass is 19.1. The number of H-pyrrole nitrogens is 1. The van der Waals surface area contributed by atoms with Crippen LogP contribution in [-0.4, -0.2) is 27.3 Å². The largest absolute Gasteiger partial charge is 0.335 e. The van der Waals surface area contributed by atoms with Crippen molar-refractivity contribution in [3.63, 3.8) is 0 Å². The predicted octanol–water partition coefficient (Wildman–Crippen LogP) is 2.30. The van der Waals surface area contributed by atoms with Gasteiger partial charge in [0.25, 0.3) is 5.56 Å². The maximum atomic E-state index is 13.0. The molecule has 1 aliphatic heterocycles. The predicted molar refractivity (Wildman–Crippen MR) is 88.1 cm³/mol. The highest BCUT2D eigenvalue weighted by Crippen LogP contribution is 2.33. The molecule has 1 aromatic heterocycles. The average molecular weight is 329 g/mol.